The van der Waals surface area contributed by atoms with Gasteiger partial charge in [-0.1, -0.05) is 20.8 Å². The minimum Gasteiger partial charge on any atom is -0.479 e. The fourth-order valence-electron chi connectivity index (χ4n) is 0.569. The molecule has 4 heteroatoms. The highest BCUT2D eigenvalue weighted by atomic mass is 16.4. The van der Waals surface area contributed by atoms with Crippen LogP contribution < -0.4 is 0 Å². The molecule has 0 aliphatic heterocycles. The zero-order chi connectivity index (χ0) is 9.94. The van der Waals surface area contributed by atoms with Crippen molar-refractivity contribution in [2.75, 3.05) is 0 Å². The van der Waals surface area contributed by atoms with E-state index in [1.165, 1.54) is 0 Å². The molecule has 0 bridgehead atoms. The maximum Gasteiger partial charge on any atom is 0.332 e. The fraction of sp³-hybridized carbons (Fsp3) is 0.750. The molecule has 0 saturated carbocycles. The third-order valence-electron chi connectivity index (χ3n) is 1.50. The lowest BCUT2D eigenvalue weighted by Crippen LogP contribution is -2.29. The number of carbonyl (C=O) groups is 2. The lowest BCUT2D eigenvalue weighted by Gasteiger charge is -2.17. The molecule has 0 aromatic heterocycles. The fourth-order valence-corrected chi connectivity index (χ4v) is 0.569. The molecular weight excluding hydrogens is 160 g/mol. The third-order valence-corrected chi connectivity index (χ3v) is 1.50. The van der Waals surface area contributed by atoms with E-state index >= 15 is 0 Å². The van der Waals surface area contributed by atoms with Crippen LogP contribution in [-0.4, -0.2) is 28.1 Å². The van der Waals surface area contributed by atoms with Crippen molar-refractivity contribution < 1.29 is 19.8 Å². The molecule has 0 rings (SSSR count). The summed E-state index contributed by atoms with van der Waals surface area (Å²) in [4.78, 5) is 21.3. The Kier molecular flexibility index (Phi) is 3.39. The summed E-state index contributed by atoms with van der Waals surface area (Å²) >= 11 is 0. The predicted octanol–water partition coefficient (Wildman–Crippen LogP) is 0.437. The standard InChI is InChI=1S/C8H14O4/c1-8(2,3)6(10)4-5(9)7(11)12/h5,9H,4H2,1-3H3,(H,11,12). The summed E-state index contributed by atoms with van der Waals surface area (Å²) in [7, 11) is 0. The summed E-state index contributed by atoms with van der Waals surface area (Å²) < 4.78 is 0. The van der Waals surface area contributed by atoms with Gasteiger partial charge in [0.1, 0.15) is 5.78 Å². The second-order valence-corrected chi connectivity index (χ2v) is 3.73. The minimum atomic E-state index is -1.57. The van der Waals surface area contributed by atoms with Gasteiger partial charge in [0.15, 0.2) is 6.10 Å². The van der Waals surface area contributed by atoms with Crippen molar-refractivity contribution >= 4 is 11.8 Å². The molecule has 0 radical (unpaired) electrons. The molecule has 0 aliphatic rings. The Hall–Kier alpha value is -0.900. The minimum absolute atomic E-state index is 0.252. The van der Waals surface area contributed by atoms with Crippen molar-refractivity contribution in [2.45, 2.75) is 33.3 Å². The van der Waals surface area contributed by atoms with Crippen LogP contribution in [-0.2, 0) is 9.59 Å². The predicted molar refractivity (Wildman–Crippen MR) is 42.7 cm³/mol. The maximum atomic E-state index is 11.2. The molecule has 1 unspecified atom stereocenters. The van der Waals surface area contributed by atoms with Crippen molar-refractivity contribution in [3.63, 3.8) is 0 Å². The maximum absolute atomic E-state index is 11.2. The number of carboxylic acid groups (broad SMARTS) is 1. The van der Waals surface area contributed by atoms with E-state index in [1.807, 2.05) is 0 Å². The topological polar surface area (TPSA) is 74.6 Å². The first-order chi connectivity index (χ1) is 5.25. The Labute approximate surface area is 71.2 Å². The van der Waals surface area contributed by atoms with Crippen LogP contribution in [0.25, 0.3) is 0 Å². The molecule has 0 aromatic carbocycles. The molecule has 0 aliphatic carbocycles. The molecule has 0 heterocycles. The molecule has 0 saturated heterocycles. The number of rotatable bonds is 3. The number of carbonyl (C=O) groups excluding carboxylic acids is 1. The van der Waals surface area contributed by atoms with Crippen LogP contribution in [0.3, 0.4) is 0 Å². The van der Waals surface area contributed by atoms with Gasteiger partial charge in [0.2, 0.25) is 0 Å². The van der Waals surface area contributed by atoms with Gasteiger partial charge in [-0.3, -0.25) is 4.79 Å². The highest BCUT2D eigenvalue weighted by molar-refractivity contribution is 5.88. The van der Waals surface area contributed by atoms with Crippen LogP contribution >= 0.6 is 0 Å². The summed E-state index contributed by atoms with van der Waals surface area (Å²) in [6.45, 7) is 5.05. The van der Waals surface area contributed by atoms with Crippen molar-refractivity contribution in [1.29, 1.82) is 0 Å². The van der Waals surface area contributed by atoms with Crippen LogP contribution in [0.2, 0.25) is 0 Å². The van der Waals surface area contributed by atoms with Crippen molar-refractivity contribution in [2.24, 2.45) is 5.41 Å². The van der Waals surface area contributed by atoms with E-state index in [0.29, 0.717) is 0 Å². The number of aliphatic hydroxyl groups is 1. The third kappa shape index (κ3) is 3.48. The zero-order valence-electron chi connectivity index (χ0n) is 7.50. The summed E-state index contributed by atoms with van der Waals surface area (Å²) in [5, 5.41) is 17.1. The van der Waals surface area contributed by atoms with Crippen LogP contribution in [0.1, 0.15) is 27.2 Å². The van der Waals surface area contributed by atoms with Gasteiger partial charge >= 0.3 is 5.97 Å². The average molecular weight is 174 g/mol. The van der Waals surface area contributed by atoms with Crippen LogP contribution in [0.15, 0.2) is 0 Å². The lowest BCUT2D eigenvalue weighted by atomic mass is 9.88. The van der Waals surface area contributed by atoms with E-state index in [2.05, 4.69) is 0 Å². The van der Waals surface area contributed by atoms with Gasteiger partial charge in [-0.25, -0.2) is 4.79 Å². The number of Topliss-reactive ketones (excluding diaryl/α,β-unsaturated/α-hetero) is 1. The van der Waals surface area contributed by atoms with Gasteiger partial charge in [-0.15, -0.1) is 0 Å². The molecule has 1 atom stereocenters. The van der Waals surface area contributed by atoms with Crippen LogP contribution in [0.4, 0.5) is 0 Å². The number of aliphatic carboxylic acids is 1. The highest BCUT2D eigenvalue weighted by Crippen LogP contribution is 2.17. The van der Waals surface area contributed by atoms with Gasteiger partial charge in [0, 0.05) is 11.8 Å². The molecule has 0 spiro atoms. The molecule has 4 nitrogen and oxygen atoms in total. The van der Waals surface area contributed by atoms with E-state index in [4.69, 9.17) is 10.2 Å². The molecule has 0 aromatic rings. The zero-order valence-corrected chi connectivity index (χ0v) is 7.50. The summed E-state index contributed by atoms with van der Waals surface area (Å²) in [6, 6.07) is 0. The molecular formula is C8H14O4. The highest BCUT2D eigenvalue weighted by Gasteiger charge is 2.26. The second-order valence-electron chi connectivity index (χ2n) is 3.73. The van der Waals surface area contributed by atoms with Gasteiger partial charge in [-0.2, -0.15) is 0 Å². The molecule has 12 heavy (non-hydrogen) atoms. The molecule has 0 amide bonds. The van der Waals surface area contributed by atoms with E-state index in [-0.39, 0.29) is 12.2 Å². The monoisotopic (exact) mass is 174 g/mol. The number of hydrogen-bond donors (Lipinski definition) is 2. The van der Waals surface area contributed by atoms with E-state index < -0.39 is 17.5 Å². The smallest absolute Gasteiger partial charge is 0.332 e. The molecule has 0 fully saturated rings. The Balaban J connectivity index is 4.11. The van der Waals surface area contributed by atoms with Gasteiger partial charge in [0.25, 0.3) is 0 Å². The van der Waals surface area contributed by atoms with E-state index in [9.17, 15) is 9.59 Å². The van der Waals surface area contributed by atoms with Crippen LogP contribution in [0, 0.1) is 5.41 Å². The van der Waals surface area contributed by atoms with Crippen molar-refractivity contribution in [1.82, 2.24) is 0 Å². The van der Waals surface area contributed by atoms with Gasteiger partial charge < -0.3 is 10.2 Å². The first-order valence-corrected chi connectivity index (χ1v) is 3.69. The normalized spacial score (nSPS) is 14.0. The first kappa shape index (κ1) is 11.1. The van der Waals surface area contributed by atoms with E-state index in [0.717, 1.165) is 0 Å². The van der Waals surface area contributed by atoms with Crippen molar-refractivity contribution in [3.05, 3.63) is 0 Å². The lowest BCUT2D eigenvalue weighted by molar-refractivity contribution is -0.149. The number of carboxylic acids is 1. The summed E-state index contributed by atoms with van der Waals surface area (Å²) in [6.07, 6.45) is -1.89. The van der Waals surface area contributed by atoms with Gasteiger partial charge in [-0.05, 0) is 0 Å². The van der Waals surface area contributed by atoms with Gasteiger partial charge in [0.05, 0.1) is 0 Å². The Bertz CT molecular complexity index is 190. The first-order valence-electron chi connectivity index (χ1n) is 3.69. The molecule has 2 N–H and O–H groups in total. The Morgan fingerprint density at radius 1 is 1.33 bits per heavy atom. The summed E-state index contributed by atoms with van der Waals surface area (Å²) in [5.74, 6) is -1.61. The average Bonchev–Trinajstić information content (AvgIpc) is 1.85. The quantitative estimate of drug-likeness (QED) is 0.651. The Morgan fingerprint density at radius 2 is 1.75 bits per heavy atom. The van der Waals surface area contributed by atoms with Crippen molar-refractivity contribution in [3.8, 4) is 0 Å². The number of ketones is 1. The Morgan fingerprint density at radius 3 is 2.00 bits per heavy atom. The molecule has 70 valence electrons. The van der Waals surface area contributed by atoms with Crippen LogP contribution in [0.5, 0.6) is 0 Å². The van der Waals surface area contributed by atoms with E-state index in [1.54, 1.807) is 20.8 Å². The number of aliphatic hydroxyl groups excluding tert-OH is 1. The SMILES string of the molecule is CC(C)(C)C(=O)CC(O)C(=O)O. The number of hydrogen-bond acceptors (Lipinski definition) is 3. The largest absolute Gasteiger partial charge is 0.479 e. The second kappa shape index (κ2) is 3.67. The summed E-state index contributed by atoms with van der Waals surface area (Å²) in [5.41, 5.74) is -0.587.